The third kappa shape index (κ3) is 11.1. The SMILES string of the molecule is CC(C)(C)c1ccc2c(c1)c1cc(C(C)(C)C)ccc1n2-c1ccc(C23Oc4cc(-n5c6ccc(C(C)(C)C)cc6c6cc(C(C)(C)C)ccc65)ccc4C2(c2ccc(-n4c5ccc(C(C)(C)C)cc5c5cc(C(C)(C)C)ccc54)cc2)c2ccc(-n4c5ccc(C(C)(C)C)cc5c5cc(C(C)(C)C)ccc54)cc2O3)cc1. The van der Waals surface area contributed by atoms with E-state index in [4.69, 9.17) is 9.47 Å². The summed E-state index contributed by atoms with van der Waals surface area (Å²) in [6.07, 6.45) is 0. The van der Waals surface area contributed by atoms with Crippen LogP contribution in [0, 0.1) is 0 Å². The molecule has 0 radical (unpaired) electrons. The minimum Gasteiger partial charge on any atom is -0.446 e. The minimum absolute atomic E-state index is 0.0393. The van der Waals surface area contributed by atoms with Crippen LogP contribution in [0.25, 0.3) is 110 Å². The van der Waals surface area contributed by atoms with E-state index in [1.54, 1.807) is 0 Å². The van der Waals surface area contributed by atoms with E-state index in [2.05, 4.69) is 415 Å². The molecular weight excluding hydrogens is 1360 g/mol. The summed E-state index contributed by atoms with van der Waals surface area (Å²) >= 11 is 0. The van der Waals surface area contributed by atoms with Gasteiger partial charge in [-0.05, 0) is 239 Å². The fourth-order valence-electron chi connectivity index (χ4n) is 18.5. The highest BCUT2D eigenvalue weighted by Gasteiger charge is 2.70. The van der Waals surface area contributed by atoms with Crippen LogP contribution in [-0.2, 0) is 54.5 Å². The monoisotopic (exact) mass is 1470 g/mol. The predicted octanol–water partition coefficient (Wildman–Crippen LogP) is 28.4. The average molecular weight is 1470 g/mol. The maximum Gasteiger partial charge on any atom is 0.296 e. The summed E-state index contributed by atoms with van der Waals surface area (Å²) in [6, 6.07) is 89.7. The van der Waals surface area contributed by atoms with E-state index in [-0.39, 0.29) is 43.3 Å². The normalized spacial score (nSPS) is 16.6. The first-order valence-electron chi connectivity index (χ1n) is 40.8. The van der Waals surface area contributed by atoms with E-state index in [1.807, 2.05) is 0 Å². The van der Waals surface area contributed by atoms with Crippen LogP contribution in [0.15, 0.2) is 231 Å². The number of hydrogen-bond acceptors (Lipinski definition) is 2. The lowest BCUT2D eigenvalue weighted by Gasteiger charge is -2.38. The molecule has 16 aromatic rings. The molecule has 18 rings (SSSR count). The van der Waals surface area contributed by atoms with Gasteiger partial charge in [-0.3, -0.25) is 0 Å². The third-order valence-electron chi connectivity index (χ3n) is 25.3. The number of hydrogen-bond donors (Lipinski definition) is 0. The maximum absolute atomic E-state index is 8.30. The topological polar surface area (TPSA) is 38.2 Å². The Morgan fingerprint density at radius 3 is 0.589 bits per heavy atom. The van der Waals surface area contributed by atoms with Crippen molar-refractivity contribution in [3.8, 4) is 34.2 Å². The molecule has 6 heterocycles. The summed E-state index contributed by atoms with van der Waals surface area (Å²) in [4.78, 5) is 0. The fourth-order valence-corrected chi connectivity index (χ4v) is 18.5. The molecule has 566 valence electrons. The van der Waals surface area contributed by atoms with Crippen molar-refractivity contribution < 1.29 is 9.47 Å². The zero-order valence-electron chi connectivity index (χ0n) is 70.5. The fraction of sp³-hybridized carbons (Fsp3) is 0.321. The molecule has 12 aromatic carbocycles. The lowest BCUT2D eigenvalue weighted by Crippen LogP contribution is -2.50. The molecule has 4 aromatic heterocycles. The molecule has 0 amide bonds. The zero-order valence-corrected chi connectivity index (χ0v) is 70.5. The summed E-state index contributed by atoms with van der Waals surface area (Å²) < 4.78 is 26.5. The summed E-state index contributed by atoms with van der Waals surface area (Å²) in [6.45, 7) is 55.6. The highest BCUT2D eigenvalue weighted by Crippen LogP contribution is 2.68. The van der Waals surface area contributed by atoms with Crippen molar-refractivity contribution in [3.05, 3.63) is 297 Å². The first-order chi connectivity index (χ1) is 52.5. The van der Waals surface area contributed by atoms with Gasteiger partial charge in [-0.15, -0.1) is 0 Å². The van der Waals surface area contributed by atoms with E-state index in [1.165, 1.54) is 110 Å². The van der Waals surface area contributed by atoms with Crippen LogP contribution in [-0.4, -0.2) is 18.3 Å². The molecule has 0 saturated carbocycles. The number of nitrogens with zero attached hydrogens (tertiary/aromatic N) is 4. The van der Waals surface area contributed by atoms with Gasteiger partial charge in [0.25, 0.3) is 5.79 Å². The standard InChI is InChI=1S/C106H110N4O2/c1-97(2,3)65-29-45-87-77(53-65)78-54-66(98(4,5)6)30-46-88(78)107(87)73-37-25-63(26-38-73)105-85-43-41-75(109-91-49-33-69(101(13,14)15)57-81(91)82-58-70(102(16,17)18)34-50-92(82)109)61-95(85)111-106(105,64-27-39-74(40-28-64)108-89-47-31-67(99(7,8)9)55-79(89)80-56-68(100(10,11)12)32-48-90(80)108)112-96-62-76(42-44-86(96)105)110-93-51-35-71(103(19,20)21)59-83(93)84-60-72(104(22,23)24)36-52-94(84)110/h25-62H,1-24H3. The number of benzene rings is 12. The lowest BCUT2D eigenvalue weighted by molar-refractivity contribution is -0.119. The molecule has 0 unspecified atom stereocenters. The molecule has 0 aliphatic carbocycles. The van der Waals surface area contributed by atoms with Crippen LogP contribution in [0.3, 0.4) is 0 Å². The van der Waals surface area contributed by atoms with Crippen molar-refractivity contribution in [1.29, 1.82) is 0 Å². The number of ether oxygens (including phenoxy) is 2. The first-order valence-corrected chi connectivity index (χ1v) is 40.8. The second kappa shape index (κ2) is 24.0. The summed E-state index contributed by atoms with van der Waals surface area (Å²) in [5.41, 5.74) is 26.4. The minimum atomic E-state index is -1.51. The van der Waals surface area contributed by atoms with E-state index < -0.39 is 11.2 Å². The Labute approximate surface area is 663 Å². The number of rotatable bonds is 6. The van der Waals surface area contributed by atoms with Crippen LogP contribution in [0.2, 0.25) is 0 Å². The molecule has 6 heteroatoms. The van der Waals surface area contributed by atoms with E-state index >= 15 is 0 Å². The van der Waals surface area contributed by atoms with Crippen LogP contribution >= 0.6 is 0 Å². The summed E-state index contributed by atoms with van der Waals surface area (Å²) in [5.74, 6) is 0.0170. The van der Waals surface area contributed by atoms with Gasteiger partial charge in [-0.25, -0.2) is 0 Å². The summed E-state index contributed by atoms with van der Waals surface area (Å²) in [7, 11) is 0. The Bertz CT molecular complexity index is 6120. The van der Waals surface area contributed by atoms with Gasteiger partial charge in [0.2, 0.25) is 0 Å². The Hall–Kier alpha value is -10.6. The maximum atomic E-state index is 8.30. The van der Waals surface area contributed by atoms with E-state index in [9.17, 15) is 0 Å². The zero-order chi connectivity index (χ0) is 79.2. The molecule has 0 fully saturated rings. The highest BCUT2D eigenvalue weighted by molar-refractivity contribution is 6.13. The largest absolute Gasteiger partial charge is 0.446 e. The smallest absolute Gasteiger partial charge is 0.296 e. The Balaban J connectivity index is 0.912. The van der Waals surface area contributed by atoms with Gasteiger partial charge >= 0.3 is 0 Å². The molecule has 2 aliphatic heterocycles. The van der Waals surface area contributed by atoms with Crippen molar-refractivity contribution in [2.24, 2.45) is 0 Å². The molecule has 2 aliphatic rings. The van der Waals surface area contributed by atoms with Gasteiger partial charge in [0, 0.05) is 94.7 Å². The van der Waals surface area contributed by atoms with Crippen LogP contribution in [0.1, 0.15) is 233 Å². The molecule has 0 atom stereocenters. The van der Waals surface area contributed by atoms with Crippen LogP contribution in [0.4, 0.5) is 0 Å². The molecule has 0 saturated heterocycles. The second-order valence-electron chi connectivity index (χ2n) is 41.2. The summed E-state index contributed by atoms with van der Waals surface area (Å²) in [5, 5.41) is 9.96. The van der Waals surface area contributed by atoms with Gasteiger partial charge in [0.05, 0.1) is 44.1 Å². The van der Waals surface area contributed by atoms with Crippen molar-refractivity contribution in [3.63, 3.8) is 0 Å². The predicted molar refractivity (Wildman–Crippen MR) is 476 cm³/mol. The third-order valence-corrected chi connectivity index (χ3v) is 25.3. The number of aromatic nitrogens is 4. The molecule has 0 N–H and O–H groups in total. The van der Waals surface area contributed by atoms with Crippen molar-refractivity contribution in [2.75, 3.05) is 0 Å². The molecule has 0 spiro atoms. The second-order valence-corrected chi connectivity index (χ2v) is 41.2. The van der Waals surface area contributed by atoms with Gasteiger partial charge in [0.1, 0.15) is 16.9 Å². The van der Waals surface area contributed by atoms with Gasteiger partial charge < -0.3 is 27.7 Å². The lowest BCUT2D eigenvalue weighted by atomic mass is 9.64. The van der Waals surface area contributed by atoms with Crippen molar-refractivity contribution in [1.82, 2.24) is 18.3 Å². The first kappa shape index (κ1) is 73.0. The average Bonchev–Trinajstić information content (AvgIpc) is 1.49. The van der Waals surface area contributed by atoms with Gasteiger partial charge in [-0.2, -0.15) is 0 Å². The van der Waals surface area contributed by atoms with Gasteiger partial charge in [-0.1, -0.05) is 239 Å². The van der Waals surface area contributed by atoms with Crippen LogP contribution < -0.4 is 9.47 Å². The van der Waals surface area contributed by atoms with Gasteiger partial charge in [0.15, 0.2) is 0 Å². The Kier molecular flexibility index (Phi) is 15.6. The molecular formula is C106H110N4O2. The molecule has 6 nitrogen and oxygen atoms in total. The van der Waals surface area contributed by atoms with Crippen molar-refractivity contribution >= 4 is 87.2 Å². The van der Waals surface area contributed by atoms with E-state index in [0.29, 0.717) is 0 Å². The number of fused-ring (bicyclic) bond motifs is 17. The Morgan fingerprint density at radius 1 is 0.196 bits per heavy atom. The molecule has 0 bridgehead atoms. The Morgan fingerprint density at radius 2 is 0.384 bits per heavy atom. The van der Waals surface area contributed by atoms with Crippen LogP contribution in [0.5, 0.6) is 11.5 Å². The van der Waals surface area contributed by atoms with E-state index in [0.717, 1.165) is 78.6 Å². The van der Waals surface area contributed by atoms with Crippen molar-refractivity contribution in [2.45, 2.75) is 221 Å². The molecule has 112 heavy (non-hydrogen) atoms. The highest BCUT2D eigenvalue weighted by atomic mass is 16.7. The quantitative estimate of drug-likeness (QED) is 0.166.